The third-order valence-corrected chi connectivity index (χ3v) is 10.4. The first-order chi connectivity index (χ1) is 31.6. The summed E-state index contributed by atoms with van der Waals surface area (Å²) in [5.74, 6) is -4.99. The Kier molecular flexibility index (Phi) is 23.2. The van der Waals surface area contributed by atoms with Crippen LogP contribution in [0.3, 0.4) is 0 Å². The van der Waals surface area contributed by atoms with Gasteiger partial charge in [-0.25, -0.2) is 0 Å². The highest BCUT2D eigenvalue weighted by Crippen LogP contribution is 2.19. The van der Waals surface area contributed by atoms with Gasteiger partial charge in [-0.1, -0.05) is 68.3 Å². The number of primary amides is 1. The summed E-state index contributed by atoms with van der Waals surface area (Å²) < 4.78 is 0. The number of nitrogens with two attached hydrogens (primary N) is 4. The number of para-hydroxylation sites is 1. The van der Waals surface area contributed by atoms with E-state index in [-0.39, 0.29) is 50.9 Å². The number of nitrogens with zero attached hydrogens (tertiary/aromatic N) is 4. The third kappa shape index (κ3) is 19.4. The first-order valence-corrected chi connectivity index (χ1v) is 22.2. The van der Waals surface area contributed by atoms with Gasteiger partial charge in [-0.3, -0.25) is 43.3 Å². The summed E-state index contributed by atoms with van der Waals surface area (Å²) in [5.41, 5.74) is 24.5. The first-order valence-electron chi connectivity index (χ1n) is 22.2. The maximum absolute atomic E-state index is 14.5. The van der Waals surface area contributed by atoms with Gasteiger partial charge in [-0.15, -0.1) is 0 Å². The fraction of sp³-hybridized carbons (Fsp3) is 0.489. The van der Waals surface area contributed by atoms with Crippen LogP contribution >= 0.6 is 0 Å². The lowest BCUT2D eigenvalue weighted by Crippen LogP contribution is -2.54. The number of fused-ring (bicyclic) bond motifs is 1. The molecule has 13 N–H and O–H groups in total. The molecule has 0 aliphatic heterocycles. The minimum absolute atomic E-state index is 0.0373. The van der Waals surface area contributed by atoms with E-state index in [1.807, 2.05) is 37.4 Å². The van der Waals surface area contributed by atoms with Crippen molar-refractivity contribution in [1.82, 2.24) is 41.0 Å². The Balaban J connectivity index is 1.89. The number of hydrogen-bond acceptors (Lipinski definition) is 10. The molecule has 0 saturated heterocycles. The van der Waals surface area contributed by atoms with E-state index in [1.165, 1.54) is 21.6 Å². The van der Waals surface area contributed by atoms with Gasteiger partial charge in [-0.05, 0) is 62.3 Å². The predicted molar refractivity (Wildman–Crippen MR) is 249 cm³/mol. The zero-order valence-corrected chi connectivity index (χ0v) is 38.0. The van der Waals surface area contributed by atoms with Crippen LogP contribution in [0, 0.1) is 0 Å². The summed E-state index contributed by atoms with van der Waals surface area (Å²) in [6, 6.07) is 14.4. The van der Waals surface area contributed by atoms with Gasteiger partial charge in [0.15, 0.2) is 5.96 Å². The second-order valence-corrected chi connectivity index (χ2v) is 15.8. The number of carbonyl (C=O) groups is 8. The van der Waals surface area contributed by atoms with E-state index >= 15 is 0 Å². The Morgan fingerprint density at radius 2 is 1.41 bits per heavy atom. The maximum atomic E-state index is 14.5. The molecule has 1 heterocycles. The van der Waals surface area contributed by atoms with Gasteiger partial charge >= 0.3 is 0 Å². The normalized spacial score (nSPS) is 11.7. The van der Waals surface area contributed by atoms with Crippen LogP contribution in [0.25, 0.3) is 10.9 Å². The smallest absolute Gasteiger partial charge is 0.245 e. The number of aromatic amines is 1. The molecule has 0 radical (unpaired) electrons. The van der Waals surface area contributed by atoms with Crippen LogP contribution in [0.1, 0.15) is 69.9 Å². The largest absolute Gasteiger partial charge is 0.370 e. The fourth-order valence-electron chi connectivity index (χ4n) is 7.03. The molecule has 0 bridgehead atoms. The Bertz CT molecular complexity index is 2110. The summed E-state index contributed by atoms with van der Waals surface area (Å²) in [7, 11) is 0. The molecule has 0 aliphatic carbocycles. The molecule has 0 fully saturated rings. The third-order valence-electron chi connectivity index (χ3n) is 10.4. The quantitative estimate of drug-likeness (QED) is 0.0224. The van der Waals surface area contributed by atoms with Crippen molar-refractivity contribution in [2.75, 3.05) is 58.9 Å². The molecule has 66 heavy (non-hydrogen) atoms. The van der Waals surface area contributed by atoms with Crippen LogP contribution in [0.5, 0.6) is 0 Å². The molecule has 0 unspecified atom stereocenters. The number of rotatable bonds is 30. The van der Waals surface area contributed by atoms with Crippen LogP contribution in [0.15, 0.2) is 65.8 Å². The Morgan fingerprint density at radius 1 is 0.712 bits per heavy atom. The summed E-state index contributed by atoms with van der Waals surface area (Å²) in [4.78, 5) is 117. The minimum atomic E-state index is -1.22. The van der Waals surface area contributed by atoms with Crippen LogP contribution < -0.4 is 44.2 Å². The minimum Gasteiger partial charge on any atom is -0.370 e. The number of amides is 8. The summed E-state index contributed by atoms with van der Waals surface area (Å²) in [6.45, 7) is 1.51. The lowest BCUT2D eigenvalue weighted by atomic mass is 10.1. The van der Waals surface area contributed by atoms with Gasteiger partial charge in [0.25, 0.3) is 0 Å². The van der Waals surface area contributed by atoms with E-state index in [0.717, 1.165) is 22.9 Å². The van der Waals surface area contributed by atoms with E-state index in [1.54, 1.807) is 30.3 Å². The highest BCUT2D eigenvalue weighted by atomic mass is 16.2. The number of H-pyrrole nitrogens is 1. The predicted octanol–water partition coefficient (Wildman–Crippen LogP) is -0.914. The summed E-state index contributed by atoms with van der Waals surface area (Å²) in [6.07, 6.45) is 5.26. The van der Waals surface area contributed by atoms with Crippen molar-refractivity contribution >= 4 is 64.1 Å². The molecule has 1 aromatic heterocycles. The van der Waals surface area contributed by atoms with E-state index in [9.17, 15) is 38.4 Å². The Morgan fingerprint density at radius 3 is 2.09 bits per heavy atom. The zero-order valence-electron chi connectivity index (χ0n) is 38.0. The van der Waals surface area contributed by atoms with Crippen molar-refractivity contribution in [3.63, 3.8) is 0 Å². The molecule has 2 atom stereocenters. The van der Waals surface area contributed by atoms with Crippen molar-refractivity contribution in [3.8, 4) is 0 Å². The highest BCUT2D eigenvalue weighted by Gasteiger charge is 2.30. The molecule has 0 aliphatic rings. The molecule has 0 spiro atoms. The Hall–Kier alpha value is -7.03. The van der Waals surface area contributed by atoms with Crippen molar-refractivity contribution < 1.29 is 38.4 Å². The van der Waals surface area contributed by atoms with Crippen molar-refractivity contribution in [2.45, 2.75) is 83.8 Å². The monoisotopic (exact) mass is 918 g/mol. The Labute approximate surface area is 385 Å². The lowest BCUT2D eigenvalue weighted by Gasteiger charge is -2.30. The second-order valence-electron chi connectivity index (χ2n) is 15.8. The lowest BCUT2D eigenvalue weighted by molar-refractivity contribution is -0.143. The SMILES string of the molecule is CCCC[C@H](NC(C)=O)C(=O)NCC(=O)N(CCCCN)CC(=O)N(CC(=O)N[C@@H](CCCN=C(N)N)C(=O)N(CCc1c[nH]c2ccccc12)CC(=O)NCC(N)=O)Cc1ccccc1. The second kappa shape index (κ2) is 28.7. The van der Waals surface area contributed by atoms with Gasteiger partial charge in [-0.2, -0.15) is 0 Å². The molecular weight excluding hydrogens is 851 g/mol. The molecule has 360 valence electrons. The van der Waals surface area contributed by atoms with Crippen molar-refractivity contribution in [2.24, 2.45) is 27.9 Å². The topological polar surface area (TPSA) is 327 Å². The zero-order chi connectivity index (χ0) is 48.4. The molecule has 2 aromatic carbocycles. The van der Waals surface area contributed by atoms with E-state index in [2.05, 4.69) is 31.2 Å². The first kappa shape index (κ1) is 53.3. The van der Waals surface area contributed by atoms with Gasteiger partial charge in [0.2, 0.25) is 47.3 Å². The van der Waals surface area contributed by atoms with E-state index in [0.29, 0.717) is 44.2 Å². The molecule has 21 heteroatoms. The summed E-state index contributed by atoms with van der Waals surface area (Å²) in [5, 5.41) is 11.3. The number of guanidine groups is 1. The molecule has 3 aromatic rings. The molecule has 8 amide bonds. The van der Waals surface area contributed by atoms with E-state index < -0.39 is 86.2 Å². The highest BCUT2D eigenvalue weighted by molar-refractivity contribution is 5.94. The van der Waals surface area contributed by atoms with Crippen LogP contribution in [-0.4, -0.2) is 144 Å². The van der Waals surface area contributed by atoms with Crippen molar-refractivity contribution in [1.29, 1.82) is 0 Å². The van der Waals surface area contributed by atoms with Crippen molar-refractivity contribution in [3.05, 3.63) is 71.9 Å². The molecular formula is C45H67N13O8. The van der Waals surface area contributed by atoms with Gasteiger partial charge in [0, 0.05) is 50.2 Å². The van der Waals surface area contributed by atoms with E-state index in [4.69, 9.17) is 22.9 Å². The number of unbranched alkanes of at least 4 members (excludes halogenated alkanes) is 2. The van der Waals surface area contributed by atoms with Crippen LogP contribution in [0.2, 0.25) is 0 Å². The van der Waals surface area contributed by atoms with Crippen LogP contribution in [-0.2, 0) is 51.3 Å². The number of carbonyl (C=O) groups excluding carboxylic acids is 8. The van der Waals surface area contributed by atoms with Gasteiger partial charge in [0.05, 0.1) is 32.7 Å². The number of aromatic nitrogens is 1. The average Bonchev–Trinajstić information content (AvgIpc) is 3.70. The average molecular weight is 918 g/mol. The summed E-state index contributed by atoms with van der Waals surface area (Å²) >= 11 is 0. The fourth-order valence-corrected chi connectivity index (χ4v) is 7.03. The number of nitrogens with one attached hydrogen (secondary N) is 5. The van der Waals surface area contributed by atoms with Gasteiger partial charge < -0.3 is 63.9 Å². The number of aliphatic imine (C=N–C) groups is 1. The molecule has 0 saturated carbocycles. The number of benzene rings is 2. The van der Waals surface area contributed by atoms with Crippen LogP contribution in [0.4, 0.5) is 0 Å². The molecule has 21 nitrogen and oxygen atoms in total. The number of hydrogen-bond donors (Lipinski definition) is 9. The standard InChI is InChI=1S/C45H67N13O8/c1-3-4-16-36(54-31(2)59)43(65)53-26-41(63)56(22-11-10-20-46)30-42(64)58(27-32-13-6-5-7-14-32)29-40(62)55-37(18-12-21-50-45(48)49)44(66)57(28-39(61)52-25-38(47)60)23-19-33-24-51-35-17-9-8-15-34(33)35/h5-9,13-15,17,24,36-37,51H,3-4,10-12,16,18-23,25-30,46H2,1-2H3,(H2,47,60)(H,52,61)(H,53,65)(H,54,59)(H,55,62)(H4,48,49,50)/t36-,37-/m0/s1. The maximum Gasteiger partial charge on any atom is 0.245 e. The van der Waals surface area contributed by atoms with Gasteiger partial charge in [0.1, 0.15) is 12.1 Å². The molecule has 3 rings (SSSR count).